The minimum atomic E-state index is 0.00854. The summed E-state index contributed by atoms with van der Waals surface area (Å²) in [6.45, 7) is 3.38. The molecular formula is C15H17BrN4O. The molecule has 6 heteroatoms. The van der Waals surface area contributed by atoms with E-state index in [1.54, 1.807) is 0 Å². The summed E-state index contributed by atoms with van der Waals surface area (Å²) in [5.74, 6) is 0.769. The number of pyridine rings is 1. The Morgan fingerprint density at radius 2 is 2.24 bits per heavy atom. The van der Waals surface area contributed by atoms with E-state index in [4.69, 9.17) is 0 Å². The van der Waals surface area contributed by atoms with Gasteiger partial charge in [0.25, 0.3) is 5.91 Å². The molecule has 0 aliphatic carbocycles. The van der Waals surface area contributed by atoms with Gasteiger partial charge in [-0.15, -0.1) is 0 Å². The third kappa shape index (κ3) is 2.58. The van der Waals surface area contributed by atoms with E-state index in [1.807, 2.05) is 28.9 Å². The predicted molar refractivity (Wildman–Crippen MR) is 83.3 cm³/mol. The molecular weight excluding hydrogens is 332 g/mol. The zero-order chi connectivity index (χ0) is 14.4. The minimum absolute atomic E-state index is 0.00854. The lowest BCUT2D eigenvalue weighted by Crippen LogP contribution is -2.47. The van der Waals surface area contributed by atoms with Crippen LogP contribution in [0.1, 0.15) is 23.2 Å². The summed E-state index contributed by atoms with van der Waals surface area (Å²) in [7, 11) is 0. The average molecular weight is 349 g/mol. The van der Waals surface area contributed by atoms with E-state index in [-0.39, 0.29) is 11.9 Å². The van der Waals surface area contributed by atoms with E-state index in [2.05, 4.69) is 31.1 Å². The fraction of sp³-hybridized carbons (Fsp3) is 0.467. The molecule has 1 unspecified atom stereocenters. The van der Waals surface area contributed by atoms with Crippen LogP contribution in [0, 0.1) is 5.92 Å². The van der Waals surface area contributed by atoms with Crippen molar-refractivity contribution in [1.29, 1.82) is 0 Å². The van der Waals surface area contributed by atoms with Gasteiger partial charge >= 0.3 is 0 Å². The lowest BCUT2D eigenvalue weighted by molar-refractivity contribution is 0.0909. The first-order chi connectivity index (χ1) is 10.2. The molecule has 110 valence electrons. The van der Waals surface area contributed by atoms with Crippen LogP contribution in [-0.4, -0.2) is 45.9 Å². The van der Waals surface area contributed by atoms with Crippen molar-refractivity contribution in [2.45, 2.75) is 18.9 Å². The average Bonchev–Trinajstić information content (AvgIpc) is 2.99. The molecule has 0 aromatic carbocycles. The Labute approximate surface area is 131 Å². The molecule has 21 heavy (non-hydrogen) atoms. The maximum Gasteiger partial charge on any atom is 0.253 e. The molecule has 3 atom stereocenters. The number of rotatable bonds is 2. The minimum Gasteiger partial charge on any atom is -0.348 e. The van der Waals surface area contributed by atoms with Gasteiger partial charge in [-0.2, -0.15) is 0 Å². The summed E-state index contributed by atoms with van der Waals surface area (Å²) >= 11 is 3.35. The van der Waals surface area contributed by atoms with E-state index in [9.17, 15) is 4.79 Å². The molecule has 2 aliphatic heterocycles. The molecule has 2 aliphatic rings. The van der Waals surface area contributed by atoms with Gasteiger partial charge < -0.3 is 14.6 Å². The third-order valence-corrected chi connectivity index (χ3v) is 4.87. The number of piperidine rings is 1. The molecule has 2 bridgehead atoms. The Balaban J connectivity index is 1.50. The zero-order valence-corrected chi connectivity index (χ0v) is 13.2. The van der Waals surface area contributed by atoms with Gasteiger partial charge in [0, 0.05) is 31.5 Å². The second-order valence-corrected chi connectivity index (χ2v) is 6.88. The number of imidazole rings is 1. The molecule has 0 radical (unpaired) electrons. The molecule has 2 saturated heterocycles. The highest BCUT2D eigenvalue weighted by atomic mass is 79.9. The first-order valence-corrected chi connectivity index (χ1v) is 8.14. The predicted octanol–water partition coefficient (Wildman–Crippen LogP) is 1.92. The number of halogens is 1. The van der Waals surface area contributed by atoms with Gasteiger partial charge in [0.1, 0.15) is 10.3 Å². The van der Waals surface area contributed by atoms with Crippen LogP contribution in [0.4, 0.5) is 0 Å². The van der Waals surface area contributed by atoms with Gasteiger partial charge in [-0.1, -0.05) is 0 Å². The first kappa shape index (κ1) is 13.3. The molecule has 2 aromatic heterocycles. The molecule has 0 saturated carbocycles. The Kier molecular flexibility index (Phi) is 3.23. The maximum atomic E-state index is 12.4. The number of carbonyl (C=O) groups excluding carboxylic acids is 1. The molecule has 4 heterocycles. The standard InChI is InChI=1S/C15H17BrN4O/c16-13-9-20-7-11(1-2-14(20)18-13)15(21)17-12-5-10-3-4-19(6-10)8-12/h1-2,7,9-10,12H,3-6,8H2,(H,17,21)/t10-,12-/m1/s1. The first-order valence-electron chi connectivity index (χ1n) is 7.35. The number of nitrogens with zero attached hydrogens (tertiary/aromatic N) is 3. The summed E-state index contributed by atoms with van der Waals surface area (Å²) in [4.78, 5) is 19.2. The van der Waals surface area contributed by atoms with Crippen LogP contribution in [0.25, 0.3) is 5.65 Å². The van der Waals surface area contributed by atoms with E-state index in [0.717, 1.165) is 29.1 Å². The maximum absolute atomic E-state index is 12.4. The van der Waals surface area contributed by atoms with Crippen molar-refractivity contribution < 1.29 is 4.79 Å². The second kappa shape index (κ2) is 5.10. The normalized spacial score (nSPS) is 28.0. The quantitative estimate of drug-likeness (QED) is 0.901. The summed E-state index contributed by atoms with van der Waals surface area (Å²) in [6, 6.07) is 3.99. The van der Waals surface area contributed by atoms with Gasteiger partial charge in [0.05, 0.1) is 5.56 Å². The van der Waals surface area contributed by atoms with Crippen molar-refractivity contribution in [3.8, 4) is 0 Å². The summed E-state index contributed by atoms with van der Waals surface area (Å²) in [6.07, 6.45) is 6.08. The monoisotopic (exact) mass is 348 g/mol. The number of hydrogen-bond acceptors (Lipinski definition) is 3. The van der Waals surface area contributed by atoms with Crippen LogP contribution >= 0.6 is 15.9 Å². The molecule has 1 N–H and O–H groups in total. The van der Waals surface area contributed by atoms with Crippen molar-refractivity contribution >= 4 is 27.5 Å². The number of amides is 1. The van der Waals surface area contributed by atoms with Crippen molar-refractivity contribution in [2.24, 2.45) is 5.92 Å². The summed E-state index contributed by atoms with van der Waals surface area (Å²) in [5, 5.41) is 3.18. The zero-order valence-electron chi connectivity index (χ0n) is 11.6. The Hall–Kier alpha value is -1.40. The number of fused-ring (bicyclic) bond motifs is 3. The number of carbonyl (C=O) groups is 1. The van der Waals surface area contributed by atoms with Crippen LogP contribution < -0.4 is 5.32 Å². The van der Waals surface area contributed by atoms with Gasteiger partial charge in [0.2, 0.25) is 0 Å². The van der Waals surface area contributed by atoms with Crippen molar-refractivity contribution in [2.75, 3.05) is 19.6 Å². The van der Waals surface area contributed by atoms with Crippen molar-refractivity contribution in [3.63, 3.8) is 0 Å². The summed E-state index contributed by atoms with van der Waals surface area (Å²) < 4.78 is 2.64. The Morgan fingerprint density at radius 1 is 1.33 bits per heavy atom. The van der Waals surface area contributed by atoms with Crippen molar-refractivity contribution in [1.82, 2.24) is 19.6 Å². The van der Waals surface area contributed by atoms with E-state index >= 15 is 0 Å². The highest BCUT2D eigenvalue weighted by Crippen LogP contribution is 2.26. The van der Waals surface area contributed by atoms with Gasteiger partial charge in [0.15, 0.2) is 0 Å². The van der Waals surface area contributed by atoms with Crippen LogP contribution in [0.5, 0.6) is 0 Å². The molecule has 0 spiro atoms. The van der Waals surface area contributed by atoms with Crippen LogP contribution in [0.2, 0.25) is 0 Å². The van der Waals surface area contributed by atoms with Gasteiger partial charge in [-0.25, -0.2) is 4.98 Å². The molecule has 2 fully saturated rings. The van der Waals surface area contributed by atoms with Gasteiger partial charge in [-0.3, -0.25) is 4.79 Å². The van der Waals surface area contributed by atoms with Gasteiger partial charge in [-0.05, 0) is 53.4 Å². The largest absolute Gasteiger partial charge is 0.348 e. The van der Waals surface area contributed by atoms with Crippen LogP contribution in [-0.2, 0) is 0 Å². The van der Waals surface area contributed by atoms with Crippen LogP contribution in [0.3, 0.4) is 0 Å². The molecule has 4 rings (SSSR count). The number of aromatic nitrogens is 2. The lowest BCUT2D eigenvalue weighted by atomic mass is 9.96. The summed E-state index contributed by atoms with van der Waals surface area (Å²) in [5.41, 5.74) is 1.51. The number of nitrogens with one attached hydrogen (secondary N) is 1. The molecule has 1 amide bonds. The Morgan fingerprint density at radius 3 is 3.10 bits per heavy atom. The van der Waals surface area contributed by atoms with E-state index in [1.165, 1.54) is 19.5 Å². The van der Waals surface area contributed by atoms with E-state index in [0.29, 0.717) is 5.56 Å². The fourth-order valence-corrected chi connectivity index (χ4v) is 3.93. The fourth-order valence-electron chi connectivity index (χ4n) is 3.53. The Bertz CT molecular complexity index is 686. The third-order valence-electron chi connectivity index (χ3n) is 4.49. The lowest BCUT2D eigenvalue weighted by Gasteiger charge is -2.30. The second-order valence-electron chi connectivity index (χ2n) is 6.07. The van der Waals surface area contributed by atoms with Crippen molar-refractivity contribution in [3.05, 3.63) is 34.7 Å². The topological polar surface area (TPSA) is 49.6 Å². The SMILES string of the molecule is O=C(N[C@@H]1C[C@H]2CCN(C2)C1)c1ccc2nc(Br)cn2c1. The molecule has 5 nitrogen and oxygen atoms in total. The van der Waals surface area contributed by atoms with Crippen LogP contribution in [0.15, 0.2) is 29.1 Å². The molecule has 2 aromatic rings. The highest BCUT2D eigenvalue weighted by Gasteiger charge is 2.32. The van der Waals surface area contributed by atoms with E-state index < -0.39 is 0 Å². The highest BCUT2D eigenvalue weighted by molar-refractivity contribution is 9.10. The number of hydrogen-bond donors (Lipinski definition) is 1. The smallest absolute Gasteiger partial charge is 0.253 e.